The highest BCUT2D eigenvalue weighted by Gasteiger charge is 2.21. The first-order valence-electron chi connectivity index (χ1n) is 5.45. The third-order valence-corrected chi connectivity index (χ3v) is 2.69. The SMILES string of the molecule is C=C(C)C(NC)c1cccc2c1OCCO2. The summed E-state index contributed by atoms with van der Waals surface area (Å²) in [5.74, 6) is 1.67. The summed E-state index contributed by atoms with van der Waals surface area (Å²) in [6.07, 6.45) is 0. The van der Waals surface area contributed by atoms with Crippen molar-refractivity contribution >= 4 is 0 Å². The third kappa shape index (κ3) is 1.91. The average Bonchev–Trinajstić information content (AvgIpc) is 2.30. The lowest BCUT2D eigenvalue weighted by molar-refractivity contribution is 0.169. The number of nitrogens with one attached hydrogen (secondary N) is 1. The van der Waals surface area contributed by atoms with E-state index >= 15 is 0 Å². The number of para-hydroxylation sites is 1. The number of hydrogen-bond acceptors (Lipinski definition) is 3. The van der Waals surface area contributed by atoms with Gasteiger partial charge in [0.25, 0.3) is 0 Å². The number of benzene rings is 1. The molecule has 0 saturated carbocycles. The van der Waals surface area contributed by atoms with E-state index in [1.807, 2.05) is 32.2 Å². The number of rotatable bonds is 3. The summed E-state index contributed by atoms with van der Waals surface area (Å²) in [6.45, 7) is 7.22. The van der Waals surface area contributed by atoms with Gasteiger partial charge in [-0.3, -0.25) is 0 Å². The second-order valence-electron chi connectivity index (χ2n) is 3.94. The minimum atomic E-state index is 0.108. The molecule has 1 aromatic carbocycles. The Kier molecular flexibility index (Phi) is 3.15. The fraction of sp³-hybridized carbons (Fsp3) is 0.385. The first kappa shape index (κ1) is 11.0. The van der Waals surface area contributed by atoms with Crippen LogP contribution < -0.4 is 14.8 Å². The minimum absolute atomic E-state index is 0.108. The van der Waals surface area contributed by atoms with Gasteiger partial charge in [0.1, 0.15) is 13.2 Å². The summed E-state index contributed by atoms with van der Waals surface area (Å²) >= 11 is 0. The van der Waals surface area contributed by atoms with Crippen molar-refractivity contribution in [2.24, 2.45) is 0 Å². The highest BCUT2D eigenvalue weighted by atomic mass is 16.6. The van der Waals surface area contributed by atoms with Crippen molar-refractivity contribution in [3.8, 4) is 11.5 Å². The molecule has 2 rings (SSSR count). The molecule has 1 aliphatic rings. The molecule has 1 unspecified atom stereocenters. The largest absolute Gasteiger partial charge is 0.486 e. The molecule has 86 valence electrons. The first-order chi connectivity index (χ1) is 7.74. The van der Waals surface area contributed by atoms with Crippen LogP contribution in [-0.4, -0.2) is 20.3 Å². The van der Waals surface area contributed by atoms with Gasteiger partial charge < -0.3 is 14.8 Å². The van der Waals surface area contributed by atoms with Crippen LogP contribution in [0.4, 0.5) is 0 Å². The monoisotopic (exact) mass is 219 g/mol. The molecule has 0 fully saturated rings. The van der Waals surface area contributed by atoms with E-state index < -0.39 is 0 Å². The van der Waals surface area contributed by atoms with Gasteiger partial charge in [-0.15, -0.1) is 0 Å². The molecule has 0 saturated heterocycles. The van der Waals surface area contributed by atoms with Crippen molar-refractivity contribution in [1.82, 2.24) is 5.32 Å². The maximum Gasteiger partial charge on any atom is 0.166 e. The maximum atomic E-state index is 5.68. The van der Waals surface area contributed by atoms with Crippen LogP contribution >= 0.6 is 0 Å². The molecular formula is C13H17NO2. The highest BCUT2D eigenvalue weighted by molar-refractivity contribution is 5.50. The predicted octanol–water partition coefficient (Wildman–Crippen LogP) is 2.29. The van der Waals surface area contributed by atoms with Crippen LogP contribution in [0.3, 0.4) is 0 Å². The highest BCUT2D eigenvalue weighted by Crippen LogP contribution is 2.38. The van der Waals surface area contributed by atoms with Crippen LogP contribution in [0.2, 0.25) is 0 Å². The van der Waals surface area contributed by atoms with Gasteiger partial charge in [0.15, 0.2) is 11.5 Å². The number of hydrogen-bond donors (Lipinski definition) is 1. The molecule has 0 bridgehead atoms. The van der Waals surface area contributed by atoms with Crippen LogP contribution in [0, 0.1) is 0 Å². The molecule has 0 radical (unpaired) electrons. The van der Waals surface area contributed by atoms with Gasteiger partial charge >= 0.3 is 0 Å². The fourth-order valence-electron chi connectivity index (χ4n) is 1.99. The van der Waals surface area contributed by atoms with E-state index in [9.17, 15) is 0 Å². The van der Waals surface area contributed by atoms with E-state index in [0.29, 0.717) is 13.2 Å². The van der Waals surface area contributed by atoms with Crippen LogP contribution in [-0.2, 0) is 0 Å². The molecule has 0 spiro atoms. The Morgan fingerprint density at radius 1 is 1.38 bits per heavy atom. The zero-order chi connectivity index (χ0) is 11.5. The molecule has 0 aliphatic carbocycles. The molecule has 16 heavy (non-hydrogen) atoms. The lowest BCUT2D eigenvalue weighted by Crippen LogP contribution is -2.21. The van der Waals surface area contributed by atoms with Gasteiger partial charge in [-0.1, -0.05) is 24.3 Å². The number of fused-ring (bicyclic) bond motifs is 1. The minimum Gasteiger partial charge on any atom is -0.486 e. The molecule has 1 aliphatic heterocycles. The zero-order valence-corrected chi connectivity index (χ0v) is 9.75. The Bertz CT molecular complexity index is 401. The Balaban J connectivity index is 2.43. The average molecular weight is 219 g/mol. The van der Waals surface area contributed by atoms with Gasteiger partial charge in [-0.25, -0.2) is 0 Å². The van der Waals surface area contributed by atoms with E-state index in [1.54, 1.807) is 0 Å². The smallest absolute Gasteiger partial charge is 0.166 e. The van der Waals surface area contributed by atoms with E-state index in [1.165, 1.54) is 0 Å². The van der Waals surface area contributed by atoms with Crippen LogP contribution in [0.15, 0.2) is 30.4 Å². The summed E-state index contributed by atoms with van der Waals surface area (Å²) in [4.78, 5) is 0. The van der Waals surface area contributed by atoms with Crippen molar-refractivity contribution < 1.29 is 9.47 Å². The lowest BCUT2D eigenvalue weighted by atomic mass is 9.99. The van der Waals surface area contributed by atoms with E-state index in [4.69, 9.17) is 9.47 Å². The molecule has 3 nitrogen and oxygen atoms in total. The Labute approximate surface area is 96.1 Å². The topological polar surface area (TPSA) is 30.5 Å². The van der Waals surface area contributed by atoms with Crippen LogP contribution in [0.1, 0.15) is 18.5 Å². The van der Waals surface area contributed by atoms with E-state index in [2.05, 4.69) is 11.9 Å². The van der Waals surface area contributed by atoms with Gasteiger partial charge in [0.2, 0.25) is 0 Å². The second kappa shape index (κ2) is 4.58. The van der Waals surface area contributed by atoms with Crippen molar-refractivity contribution in [3.63, 3.8) is 0 Å². The van der Waals surface area contributed by atoms with Crippen molar-refractivity contribution in [2.75, 3.05) is 20.3 Å². The Hall–Kier alpha value is -1.48. The Morgan fingerprint density at radius 3 is 2.81 bits per heavy atom. The normalized spacial score (nSPS) is 15.6. The first-order valence-corrected chi connectivity index (χ1v) is 5.45. The summed E-state index contributed by atoms with van der Waals surface area (Å²) in [7, 11) is 1.92. The standard InChI is InChI=1S/C13H17NO2/c1-9(2)12(14-3)10-5-4-6-11-13(10)16-8-7-15-11/h4-6,12,14H,1,7-8H2,2-3H3. The van der Waals surface area contributed by atoms with Gasteiger partial charge in [0, 0.05) is 5.56 Å². The summed E-state index contributed by atoms with van der Waals surface area (Å²) in [6, 6.07) is 6.07. The molecule has 3 heteroatoms. The zero-order valence-electron chi connectivity index (χ0n) is 9.75. The Morgan fingerprint density at radius 2 is 2.12 bits per heavy atom. The lowest BCUT2D eigenvalue weighted by Gasteiger charge is -2.25. The van der Waals surface area contributed by atoms with Crippen molar-refractivity contribution in [2.45, 2.75) is 13.0 Å². The quantitative estimate of drug-likeness (QED) is 0.791. The van der Waals surface area contributed by atoms with E-state index in [-0.39, 0.29) is 6.04 Å². The van der Waals surface area contributed by atoms with Gasteiger partial charge in [0.05, 0.1) is 6.04 Å². The van der Waals surface area contributed by atoms with Crippen LogP contribution in [0.5, 0.6) is 11.5 Å². The maximum absolute atomic E-state index is 5.68. The molecule has 1 heterocycles. The summed E-state index contributed by atoms with van der Waals surface area (Å²) in [5, 5.41) is 3.23. The van der Waals surface area contributed by atoms with Crippen LogP contribution in [0.25, 0.3) is 0 Å². The van der Waals surface area contributed by atoms with Crippen molar-refractivity contribution in [3.05, 3.63) is 35.9 Å². The van der Waals surface area contributed by atoms with Gasteiger partial charge in [-0.05, 0) is 20.0 Å². The third-order valence-electron chi connectivity index (χ3n) is 2.69. The summed E-state index contributed by atoms with van der Waals surface area (Å²) in [5.41, 5.74) is 2.15. The molecule has 1 N–H and O–H groups in total. The molecule has 0 aromatic heterocycles. The van der Waals surface area contributed by atoms with Crippen molar-refractivity contribution in [1.29, 1.82) is 0 Å². The second-order valence-corrected chi connectivity index (χ2v) is 3.94. The predicted molar refractivity (Wildman–Crippen MR) is 64.0 cm³/mol. The number of ether oxygens (including phenoxy) is 2. The van der Waals surface area contributed by atoms with Gasteiger partial charge in [-0.2, -0.15) is 0 Å². The molecule has 1 atom stereocenters. The molecular weight excluding hydrogens is 202 g/mol. The number of likely N-dealkylation sites (N-methyl/N-ethyl adjacent to an activating group) is 1. The fourth-order valence-corrected chi connectivity index (χ4v) is 1.99. The molecule has 1 aromatic rings. The molecule has 0 amide bonds. The summed E-state index contributed by atoms with van der Waals surface area (Å²) < 4.78 is 11.2. The van der Waals surface area contributed by atoms with E-state index in [0.717, 1.165) is 22.6 Å².